The van der Waals surface area contributed by atoms with Crippen LogP contribution in [0.2, 0.25) is 0 Å². The summed E-state index contributed by atoms with van der Waals surface area (Å²) >= 11 is 0. The van der Waals surface area contributed by atoms with Crippen LogP contribution < -0.4 is 0 Å². The second kappa shape index (κ2) is 7.29. The smallest absolute Gasteiger partial charge is 0.335 e. The molecular weight excluding hydrogens is 420 g/mol. The first kappa shape index (κ1) is 20.5. The van der Waals surface area contributed by atoms with Crippen molar-refractivity contribution in [3.8, 4) is 22.5 Å². The van der Waals surface area contributed by atoms with Gasteiger partial charge in [0.2, 0.25) is 30.0 Å². The van der Waals surface area contributed by atoms with Gasteiger partial charge in [0, 0.05) is 36.0 Å². The van der Waals surface area contributed by atoms with Crippen molar-refractivity contribution in [3.05, 3.63) is 48.3 Å². The molecule has 0 fully saturated rings. The molecule has 0 spiro atoms. The first-order valence-corrected chi connectivity index (χ1v) is 11.7. The Hall–Kier alpha value is -3.25. The Morgan fingerprint density at radius 2 is 1.21 bits per heavy atom. The molecule has 0 saturated heterocycles. The van der Waals surface area contributed by atoms with Crippen molar-refractivity contribution in [3.63, 3.8) is 0 Å². The summed E-state index contributed by atoms with van der Waals surface area (Å²) in [7, 11) is -7.34. The maximum Gasteiger partial charge on any atom is 0.335 e. The Kier molecular flexibility index (Phi) is 5.15. The van der Waals surface area contributed by atoms with Gasteiger partial charge in [-0.05, 0) is 30.3 Å². The number of benzene rings is 1. The van der Waals surface area contributed by atoms with Crippen molar-refractivity contribution < 1.29 is 26.7 Å². The highest BCUT2D eigenvalue weighted by molar-refractivity contribution is 7.90. The first-order chi connectivity index (χ1) is 13.4. The van der Waals surface area contributed by atoms with Gasteiger partial charge >= 0.3 is 5.97 Å². The van der Waals surface area contributed by atoms with Gasteiger partial charge in [-0.1, -0.05) is 0 Å². The normalized spacial score (nSPS) is 11.9. The van der Waals surface area contributed by atoms with Crippen molar-refractivity contribution in [2.45, 2.75) is 10.3 Å². The van der Waals surface area contributed by atoms with Crippen LogP contribution in [0.25, 0.3) is 22.5 Å². The van der Waals surface area contributed by atoms with E-state index in [-0.39, 0.29) is 17.0 Å². The minimum atomic E-state index is -3.67. The van der Waals surface area contributed by atoms with E-state index in [0.717, 1.165) is 12.5 Å². The molecule has 1 N–H and O–H groups in total. The summed E-state index contributed by atoms with van der Waals surface area (Å²) in [4.78, 5) is 27.0. The zero-order valence-corrected chi connectivity index (χ0v) is 16.8. The van der Waals surface area contributed by atoms with Crippen LogP contribution in [0.4, 0.5) is 0 Å². The topological polar surface area (TPSA) is 157 Å². The third-order valence-electron chi connectivity index (χ3n) is 3.70. The second-order valence-electron chi connectivity index (χ2n) is 6.10. The van der Waals surface area contributed by atoms with Gasteiger partial charge in [-0.25, -0.2) is 41.6 Å². The molecule has 0 radical (unpaired) electrons. The van der Waals surface area contributed by atoms with Gasteiger partial charge in [0.25, 0.3) is 0 Å². The summed E-state index contributed by atoms with van der Waals surface area (Å²) < 4.78 is 46.9. The third-order valence-corrected chi connectivity index (χ3v) is 5.42. The molecule has 3 rings (SSSR count). The highest BCUT2D eigenvalue weighted by Gasteiger charge is 2.17. The highest BCUT2D eigenvalue weighted by atomic mass is 32.2. The molecule has 10 nitrogen and oxygen atoms in total. The molecular formula is C17H14N4O6S2. The van der Waals surface area contributed by atoms with Crippen molar-refractivity contribution >= 4 is 25.6 Å². The van der Waals surface area contributed by atoms with Crippen LogP contribution in [0.5, 0.6) is 0 Å². The van der Waals surface area contributed by atoms with Gasteiger partial charge < -0.3 is 5.11 Å². The minimum absolute atomic E-state index is 0.114. The predicted octanol–water partition coefficient (Wildman–Crippen LogP) is 1.11. The fraction of sp³-hybridized carbons (Fsp3) is 0.118. The molecule has 29 heavy (non-hydrogen) atoms. The zero-order valence-electron chi connectivity index (χ0n) is 15.1. The quantitative estimate of drug-likeness (QED) is 0.577. The lowest BCUT2D eigenvalue weighted by molar-refractivity contribution is 0.0697. The minimum Gasteiger partial charge on any atom is -0.478 e. The van der Waals surface area contributed by atoms with E-state index < -0.39 is 36.0 Å². The van der Waals surface area contributed by atoms with Crippen LogP contribution in [0.3, 0.4) is 0 Å². The summed E-state index contributed by atoms with van der Waals surface area (Å²) in [5, 5.41) is 8.63. The lowest BCUT2D eigenvalue weighted by Gasteiger charge is -2.09. The standard InChI is InChI=1S/C17H14N4O6S2/c1-28(24,25)16-18-5-3-13(20-16)10-7-11(9-12(8-10)15(22)23)14-4-6-19-17(21-14)29(2,26)27/h3-9H,1-2H3,(H,22,23). The van der Waals surface area contributed by atoms with E-state index in [2.05, 4.69) is 19.9 Å². The van der Waals surface area contributed by atoms with Crippen LogP contribution in [-0.2, 0) is 19.7 Å². The fourth-order valence-electron chi connectivity index (χ4n) is 2.41. The van der Waals surface area contributed by atoms with E-state index >= 15 is 0 Å². The highest BCUT2D eigenvalue weighted by Crippen LogP contribution is 2.27. The monoisotopic (exact) mass is 434 g/mol. The number of aromatic nitrogens is 4. The number of carbonyl (C=O) groups is 1. The zero-order chi connectivity index (χ0) is 21.4. The average molecular weight is 434 g/mol. The molecule has 0 aliphatic rings. The van der Waals surface area contributed by atoms with Crippen LogP contribution in [0, 0.1) is 0 Å². The summed E-state index contributed by atoms with van der Waals surface area (Å²) in [5.74, 6) is -1.23. The van der Waals surface area contributed by atoms with Crippen LogP contribution >= 0.6 is 0 Å². The van der Waals surface area contributed by atoms with E-state index in [1.54, 1.807) is 0 Å². The van der Waals surface area contributed by atoms with Gasteiger partial charge in [0.05, 0.1) is 17.0 Å². The third kappa shape index (κ3) is 4.60. The summed E-state index contributed by atoms with van der Waals surface area (Å²) in [6, 6.07) is 7.02. The molecule has 0 bridgehead atoms. The number of hydrogen-bond donors (Lipinski definition) is 1. The molecule has 1 aromatic carbocycles. The molecule has 0 amide bonds. The van der Waals surface area contributed by atoms with Crippen molar-refractivity contribution in [1.82, 2.24) is 19.9 Å². The molecule has 0 unspecified atom stereocenters. The van der Waals surface area contributed by atoms with Gasteiger partial charge in [-0.2, -0.15) is 0 Å². The van der Waals surface area contributed by atoms with Gasteiger partial charge in [-0.3, -0.25) is 0 Å². The molecule has 150 valence electrons. The van der Waals surface area contributed by atoms with Gasteiger partial charge in [0.1, 0.15) is 0 Å². The molecule has 0 aliphatic carbocycles. The predicted molar refractivity (Wildman–Crippen MR) is 102 cm³/mol. The fourth-order valence-corrected chi connectivity index (χ4v) is 3.44. The number of carboxylic acid groups (broad SMARTS) is 1. The lowest BCUT2D eigenvalue weighted by Crippen LogP contribution is -2.06. The van der Waals surface area contributed by atoms with E-state index in [0.29, 0.717) is 11.1 Å². The van der Waals surface area contributed by atoms with Gasteiger partial charge in [-0.15, -0.1) is 0 Å². The molecule has 0 aliphatic heterocycles. The Labute approximate surface area is 166 Å². The van der Waals surface area contributed by atoms with Crippen LogP contribution in [0.1, 0.15) is 10.4 Å². The number of rotatable bonds is 5. The SMILES string of the molecule is CS(=O)(=O)c1nccc(-c2cc(C(=O)O)cc(-c3ccnc(S(C)(=O)=O)n3)c2)n1. The van der Waals surface area contributed by atoms with Crippen LogP contribution in [0.15, 0.2) is 53.0 Å². The Balaban J connectivity index is 2.22. The Morgan fingerprint density at radius 3 is 1.55 bits per heavy atom. The van der Waals surface area contributed by atoms with Crippen LogP contribution in [-0.4, -0.2) is 60.4 Å². The maximum atomic E-state index is 11.7. The van der Waals surface area contributed by atoms with Crippen molar-refractivity contribution in [1.29, 1.82) is 0 Å². The molecule has 0 saturated carbocycles. The van der Waals surface area contributed by atoms with Crippen molar-refractivity contribution in [2.75, 3.05) is 12.5 Å². The molecule has 0 atom stereocenters. The van der Waals surface area contributed by atoms with Gasteiger partial charge in [0.15, 0.2) is 0 Å². The Morgan fingerprint density at radius 1 is 0.793 bits per heavy atom. The molecule has 2 heterocycles. The number of nitrogens with zero attached hydrogens (tertiary/aromatic N) is 4. The molecule has 2 aromatic heterocycles. The number of hydrogen-bond acceptors (Lipinski definition) is 9. The first-order valence-electron chi connectivity index (χ1n) is 7.90. The number of aromatic carboxylic acids is 1. The lowest BCUT2D eigenvalue weighted by atomic mass is 10.0. The largest absolute Gasteiger partial charge is 0.478 e. The Bertz CT molecular complexity index is 1240. The van der Waals surface area contributed by atoms with E-state index in [1.807, 2.05) is 0 Å². The summed E-state index contributed by atoms with van der Waals surface area (Å²) in [5.41, 5.74) is 0.847. The number of carboxylic acids is 1. The summed E-state index contributed by atoms with van der Waals surface area (Å²) in [6.07, 6.45) is 4.41. The van der Waals surface area contributed by atoms with E-state index in [9.17, 15) is 26.7 Å². The molecule has 3 aromatic rings. The maximum absolute atomic E-state index is 11.7. The summed E-state index contributed by atoms with van der Waals surface area (Å²) in [6.45, 7) is 0. The number of sulfone groups is 2. The second-order valence-corrected chi connectivity index (χ2v) is 9.92. The molecule has 12 heteroatoms. The van der Waals surface area contributed by atoms with Crippen molar-refractivity contribution in [2.24, 2.45) is 0 Å². The van der Waals surface area contributed by atoms with E-state index in [1.165, 1.54) is 42.7 Å². The average Bonchev–Trinajstić information content (AvgIpc) is 2.66. The van der Waals surface area contributed by atoms with E-state index in [4.69, 9.17) is 0 Å².